The number of rotatable bonds is 2. The second-order valence-electron chi connectivity index (χ2n) is 1.99. The smallest absolute Gasteiger partial charge is 0.206 e. The molecule has 0 aliphatic rings. The van der Waals surface area contributed by atoms with Crippen LogP contribution in [-0.2, 0) is 0 Å². The van der Waals surface area contributed by atoms with Gasteiger partial charge in [-0.3, -0.25) is 0 Å². The molecule has 0 aromatic carbocycles. The van der Waals surface area contributed by atoms with E-state index in [9.17, 15) is 0 Å². The maximum atomic E-state index is 5.55. The number of nitrogen functional groups attached to an aromatic ring is 1. The molecular formula is C5H9N5S. The van der Waals surface area contributed by atoms with Crippen molar-refractivity contribution in [3.63, 3.8) is 0 Å². The van der Waals surface area contributed by atoms with Crippen LogP contribution in [-0.4, -0.2) is 14.9 Å². The first kappa shape index (κ1) is 8.09. The van der Waals surface area contributed by atoms with Gasteiger partial charge in [-0.05, 0) is 0 Å². The van der Waals surface area contributed by atoms with Gasteiger partial charge in [0.25, 0.3) is 0 Å². The Morgan fingerprint density at radius 1 is 1.64 bits per heavy atom. The van der Waals surface area contributed by atoms with Crippen molar-refractivity contribution >= 4 is 12.6 Å². The summed E-state index contributed by atoms with van der Waals surface area (Å²) in [6.45, 7) is 3.50. The fraction of sp³-hybridized carbons (Fsp3) is 0.200. The lowest BCUT2D eigenvalue weighted by molar-refractivity contribution is 0.736. The van der Waals surface area contributed by atoms with Crippen molar-refractivity contribution in [1.29, 1.82) is 0 Å². The monoisotopic (exact) mass is 171 g/mol. The third-order valence-electron chi connectivity index (χ3n) is 1.26. The molecule has 1 aromatic rings. The van der Waals surface area contributed by atoms with Crippen molar-refractivity contribution in [3.05, 3.63) is 18.5 Å². The molecule has 0 aliphatic heterocycles. The van der Waals surface area contributed by atoms with Crippen LogP contribution in [0.2, 0.25) is 0 Å². The van der Waals surface area contributed by atoms with Gasteiger partial charge in [0.15, 0.2) is 5.82 Å². The topological polar surface area (TPSA) is 82.8 Å². The van der Waals surface area contributed by atoms with Gasteiger partial charge in [0, 0.05) is 0 Å². The van der Waals surface area contributed by atoms with E-state index in [4.69, 9.17) is 11.6 Å². The highest BCUT2D eigenvalue weighted by Gasteiger charge is 2.10. The summed E-state index contributed by atoms with van der Waals surface area (Å²) < 4.78 is 1.22. The summed E-state index contributed by atoms with van der Waals surface area (Å²) in [4.78, 5) is 0. The predicted octanol–water partition coefficient (Wildman–Crippen LogP) is -0.534. The third-order valence-corrected chi connectivity index (χ3v) is 1.56. The van der Waals surface area contributed by atoms with Crippen LogP contribution in [0.5, 0.6) is 0 Å². The Kier molecular flexibility index (Phi) is 2.16. The standard InChI is InChI=1S/C5H9N5S/c1-2-3(6)4-8-9-5(11)10(4)7/h2-3H,1,6-7H2,(H,9,11). The normalized spacial score (nSPS) is 12.9. The van der Waals surface area contributed by atoms with Gasteiger partial charge >= 0.3 is 0 Å². The van der Waals surface area contributed by atoms with Crippen molar-refractivity contribution < 1.29 is 0 Å². The van der Waals surface area contributed by atoms with E-state index < -0.39 is 6.04 Å². The fourth-order valence-corrected chi connectivity index (χ4v) is 0.775. The number of hydrogen-bond acceptors (Lipinski definition) is 5. The van der Waals surface area contributed by atoms with Gasteiger partial charge in [0.2, 0.25) is 5.16 Å². The van der Waals surface area contributed by atoms with E-state index in [0.717, 1.165) is 0 Å². The van der Waals surface area contributed by atoms with Crippen LogP contribution in [0, 0.1) is 0 Å². The van der Waals surface area contributed by atoms with E-state index in [0.29, 0.717) is 11.0 Å². The second kappa shape index (κ2) is 2.93. The van der Waals surface area contributed by atoms with Crippen LogP contribution in [0.15, 0.2) is 17.8 Å². The minimum Gasteiger partial charge on any atom is -0.335 e. The third kappa shape index (κ3) is 1.36. The number of thiol groups is 1. The highest BCUT2D eigenvalue weighted by Crippen LogP contribution is 2.08. The first-order valence-electron chi connectivity index (χ1n) is 2.94. The molecule has 0 spiro atoms. The Hall–Kier alpha value is -1.01. The molecule has 1 rings (SSSR count). The Bertz CT molecular complexity index is 268. The van der Waals surface area contributed by atoms with E-state index in [2.05, 4.69) is 29.4 Å². The molecule has 0 bridgehead atoms. The van der Waals surface area contributed by atoms with E-state index in [-0.39, 0.29) is 0 Å². The molecule has 6 heteroatoms. The van der Waals surface area contributed by atoms with Crippen molar-refractivity contribution in [2.75, 3.05) is 5.84 Å². The van der Waals surface area contributed by atoms with Crippen LogP contribution in [0.25, 0.3) is 0 Å². The molecule has 0 fully saturated rings. The quantitative estimate of drug-likeness (QED) is 0.317. The summed E-state index contributed by atoms with van der Waals surface area (Å²) in [5.74, 6) is 5.92. The van der Waals surface area contributed by atoms with Crippen LogP contribution < -0.4 is 11.6 Å². The Morgan fingerprint density at radius 2 is 2.27 bits per heavy atom. The highest BCUT2D eigenvalue weighted by molar-refractivity contribution is 7.80. The molecule has 1 atom stereocenters. The molecule has 0 saturated carbocycles. The van der Waals surface area contributed by atoms with Gasteiger partial charge in [-0.15, -0.1) is 29.4 Å². The highest BCUT2D eigenvalue weighted by atomic mass is 32.1. The summed E-state index contributed by atoms with van der Waals surface area (Å²) in [6, 6.07) is -0.395. The van der Waals surface area contributed by atoms with Gasteiger partial charge < -0.3 is 11.6 Å². The van der Waals surface area contributed by atoms with Crippen molar-refractivity contribution in [2.24, 2.45) is 5.73 Å². The molecule has 0 aliphatic carbocycles. The lowest BCUT2D eigenvalue weighted by Crippen LogP contribution is -2.19. The molecule has 0 saturated heterocycles. The van der Waals surface area contributed by atoms with Gasteiger partial charge in [-0.1, -0.05) is 6.08 Å². The van der Waals surface area contributed by atoms with Crippen LogP contribution in [0.1, 0.15) is 11.9 Å². The molecule has 0 amide bonds. The van der Waals surface area contributed by atoms with Crippen molar-refractivity contribution in [2.45, 2.75) is 11.2 Å². The molecule has 5 nitrogen and oxygen atoms in total. The number of hydrogen-bond donors (Lipinski definition) is 3. The summed E-state index contributed by atoms with van der Waals surface area (Å²) in [6.07, 6.45) is 1.53. The maximum absolute atomic E-state index is 5.55. The minimum absolute atomic E-state index is 0.331. The van der Waals surface area contributed by atoms with Crippen LogP contribution in [0.3, 0.4) is 0 Å². The van der Waals surface area contributed by atoms with Crippen molar-refractivity contribution in [3.8, 4) is 0 Å². The zero-order chi connectivity index (χ0) is 8.43. The van der Waals surface area contributed by atoms with Crippen molar-refractivity contribution in [1.82, 2.24) is 14.9 Å². The number of nitrogens with two attached hydrogens (primary N) is 2. The Labute approximate surface area is 69.5 Å². The van der Waals surface area contributed by atoms with E-state index >= 15 is 0 Å². The van der Waals surface area contributed by atoms with E-state index in [1.54, 1.807) is 0 Å². The van der Waals surface area contributed by atoms with Gasteiger partial charge in [-0.25, -0.2) is 4.68 Å². The summed E-state index contributed by atoms with van der Waals surface area (Å²) in [7, 11) is 0. The zero-order valence-corrected chi connectivity index (χ0v) is 6.70. The molecule has 1 heterocycles. The summed E-state index contributed by atoms with van der Waals surface area (Å²) >= 11 is 3.93. The molecule has 1 aromatic heterocycles. The van der Waals surface area contributed by atoms with Gasteiger partial charge in [-0.2, -0.15) is 0 Å². The summed E-state index contributed by atoms with van der Waals surface area (Å²) in [5.41, 5.74) is 5.55. The summed E-state index contributed by atoms with van der Waals surface area (Å²) in [5, 5.41) is 7.64. The van der Waals surface area contributed by atoms with E-state index in [1.807, 2.05) is 0 Å². The average Bonchev–Trinajstić information content (AvgIpc) is 2.32. The largest absolute Gasteiger partial charge is 0.335 e. The van der Waals surface area contributed by atoms with Crippen LogP contribution >= 0.6 is 12.6 Å². The van der Waals surface area contributed by atoms with E-state index in [1.165, 1.54) is 10.8 Å². The molecule has 60 valence electrons. The average molecular weight is 171 g/mol. The molecule has 1 unspecified atom stereocenters. The second-order valence-corrected chi connectivity index (χ2v) is 2.39. The zero-order valence-electron chi connectivity index (χ0n) is 5.81. The molecule has 0 radical (unpaired) electrons. The SMILES string of the molecule is C=CC(N)c1nnc(S)n1N. The number of nitrogens with zero attached hydrogens (tertiary/aromatic N) is 3. The first-order chi connectivity index (χ1) is 5.16. The Morgan fingerprint density at radius 3 is 2.64 bits per heavy atom. The maximum Gasteiger partial charge on any atom is 0.206 e. The number of aromatic nitrogens is 3. The van der Waals surface area contributed by atoms with Crippen LogP contribution in [0.4, 0.5) is 0 Å². The first-order valence-corrected chi connectivity index (χ1v) is 3.39. The van der Waals surface area contributed by atoms with Gasteiger partial charge in [0.05, 0.1) is 6.04 Å². The van der Waals surface area contributed by atoms with Gasteiger partial charge in [0.1, 0.15) is 0 Å². The fourth-order valence-electron chi connectivity index (χ4n) is 0.627. The lowest BCUT2D eigenvalue weighted by atomic mass is 10.3. The lowest BCUT2D eigenvalue weighted by Gasteiger charge is -2.03. The predicted molar refractivity (Wildman–Crippen MR) is 44.5 cm³/mol. The minimum atomic E-state index is -0.395. The molecule has 4 N–H and O–H groups in total. The molecular weight excluding hydrogens is 162 g/mol. The Balaban J connectivity index is 3.03. The molecule has 11 heavy (non-hydrogen) atoms.